The maximum absolute atomic E-state index is 13.5. The number of carbonyl (C=O) groups is 1. The summed E-state index contributed by atoms with van der Waals surface area (Å²) in [6.45, 7) is 3.01. The van der Waals surface area contributed by atoms with Gasteiger partial charge in [-0.15, -0.1) is 0 Å². The van der Waals surface area contributed by atoms with Crippen molar-refractivity contribution >= 4 is 39.5 Å². The van der Waals surface area contributed by atoms with Crippen LogP contribution in [0.15, 0.2) is 45.8 Å². The Morgan fingerprint density at radius 2 is 1.88 bits per heavy atom. The molecule has 11 heteroatoms. The van der Waals surface area contributed by atoms with Gasteiger partial charge in [0.25, 0.3) is 10.0 Å². The smallest absolute Gasteiger partial charge is 0.265 e. The van der Waals surface area contributed by atoms with Gasteiger partial charge in [0.15, 0.2) is 17.4 Å². The molecule has 0 aliphatic heterocycles. The van der Waals surface area contributed by atoms with Crippen molar-refractivity contribution in [2.45, 2.75) is 18.7 Å². The van der Waals surface area contributed by atoms with Gasteiger partial charge < -0.3 is 14.6 Å². The van der Waals surface area contributed by atoms with Gasteiger partial charge in [-0.25, -0.2) is 17.2 Å². The summed E-state index contributed by atoms with van der Waals surface area (Å²) in [5.74, 6) is -2.26. The van der Waals surface area contributed by atoms with E-state index in [1.165, 1.54) is 32.2 Å². The molecule has 3 aromatic rings. The molecule has 2 N–H and O–H groups in total. The maximum Gasteiger partial charge on any atom is 0.265 e. The fraction of sp³-hybridized carbons (Fsp3) is 0.143. The summed E-state index contributed by atoms with van der Waals surface area (Å²) in [5, 5.41) is 6.42. The summed E-state index contributed by atoms with van der Waals surface area (Å²) in [6.07, 6.45) is 3.08. The van der Waals surface area contributed by atoms with Gasteiger partial charge in [0.05, 0.1) is 12.8 Å². The lowest BCUT2D eigenvalue weighted by molar-refractivity contribution is -0.114. The number of amides is 1. The van der Waals surface area contributed by atoms with E-state index in [4.69, 9.17) is 9.26 Å². The minimum atomic E-state index is -4.20. The Morgan fingerprint density at radius 3 is 2.53 bits per heavy atom. The van der Waals surface area contributed by atoms with Crippen LogP contribution in [0.25, 0.3) is 12.2 Å². The van der Waals surface area contributed by atoms with Crippen LogP contribution < -0.4 is 14.8 Å². The van der Waals surface area contributed by atoms with E-state index in [2.05, 4.69) is 15.2 Å². The number of benzene rings is 2. The van der Waals surface area contributed by atoms with Gasteiger partial charge in [-0.2, -0.15) is 0 Å². The zero-order chi connectivity index (χ0) is 23.5. The average Bonchev–Trinajstić information content (AvgIpc) is 3.07. The van der Waals surface area contributed by atoms with Gasteiger partial charge in [-0.1, -0.05) is 17.3 Å². The van der Waals surface area contributed by atoms with E-state index in [-0.39, 0.29) is 28.0 Å². The molecule has 168 valence electrons. The van der Waals surface area contributed by atoms with E-state index in [0.717, 1.165) is 18.2 Å². The molecule has 1 heterocycles. The first-order valence-corrected chi connectivity index (χ1v) is 10.7. The Morgan fingerprint density at radius 1 is 1.12 bits per heavy atom. The van der Waals surface area contributed by atoms with Crippen molar-refractivity contribution in [3.8, 4) is 5.75 Å². The largest absolute Gasteiger partial charge is 0.495 e. The minimum absolute atomic E-state index is 0.0479. The summed E-state index contributed by atoms with van der Waals surface area (Å²) < 4.78 is 64.9. The summed E-state index contributed by atoms with van der Waals surface area (Å²) in [5.41, 5.74) is 1.19. The van der Waals surface area contributed by atoms with Gasteiger partial charge in [0.2, 0.25) is 5.91 Å². The normalized spacial score (nSPS) is 11.5. The van der Waals surface area contributed by atoms with E-state index in [1.807, 2.05) is 0 Å². The van der Waals surface area contributed by atoms with Gasteiger partial charge in [-0.3, -0.25) is 9.52 Å². The van der Waals surface area contributed by atoms with Crippen LogP contribution in [0.3, 0.4) is 0 Å². The molecule has 3 rings (SSSR count). The molecule has 0 aliphatic carbocycles. The van der Waals surface area contributed by atoms with Crippen LogP contribution in [0.1, 0.15) is 23.9 Å². The molecule has 0 spiro atoms. The number of aryl methyl sites for hydroxylation is 1. The number of ether oxygens (including phenoxy) is 1. The molecule has 0 unspecified atom stereocenters. The number of methoxy groups -OCH3 is 1. The molecule has 1 amide bonds. The van der Waals surface area contributed by atoms with Crippen LogP contribution in [0.2, 0.25) is 0 Å². The molecular weight excluding hydrogens is 444 g/mol. The number of hydrogen-bond donors (Lipinski definition) is 2. The van der Waals surface area contributed by atoms with Gasteiger partial charge >= 0.3 is 0 Å². The van der Waals surface area contributed by atoms with Crippen molar-refractivity contribution in [3.05, 3.63) is 65.1 Å². The van der Waals surface area contributed by atoms with E-state index >= 15 is 0 Å². The third-order valence-corrected chi connectivity index (χ3v) is 5.67. The molecule has 0 saturated heterocycles. The first kappa shape index (κ1) is 22.9. The molecule has 8 nitrogen and oxygen atoms in total. The molecule has 0 aliphatic rings. The van der Waals surface area contributed by atoms with Gasteiger partial charge in [0, 0.05) is 13.0 Å². The van der Waals surface area contributed by atoms with Crippen molar-refractivity contribution in [3.63, 3.8) is 0 Å². The topological polar surface area (TPSA) is 111 Å². The van der Waals surface area contributed by atoms with Crippen molar-refractivity contribution in [1.82, 2.24) is 5.16 Å². The van der Waals surface area contributed by atoms with Gasteiger partial charge in [-0.05, 0) is 42.8 Å². The predicted molar refractivity (Wildman–Crippen MR) is 115 cm³/mol. The molecule has 0 atom stereocenters. The number of halogens is 2. The summed E-state index contributed by atoms with van der Waals surface area (Å²) in [4.78, 5) is 11.1. The van der Waals surface area contributed by atoms with Crippen LogP contribution in [0.5, 0.6) is 5.75 Å². The number of rotatable bonds is 7. The Hall–Kier alpha value is -3.73. The van der Waals surface area contributed by atoms with Crippen LogP contribution in [-0.2, 0) is 14.8 Å². The number of anilines is 2. The Bertz CT molecular complexity index is 1300. The van der Waals surface area contributed by atoms with E-state index in [1.54, 1.807) is 19.1 Å². The lowest BCUT2D eigenvalue weighted by atomic mass is 10.2. The maximum atomic E-state index is 13.5. The second kappa shape index (κ2) is 9.18. The third kappa shape index (κ3) is 5.11. The first-order valence-electron chi connectivity index (χ1n) is 9.18. The van der Waals surface area contributed by atoms with Crippen LogP contribution in [-0.4, -0.2) is 26.6 Å². The SMILES string of the molecule is COc1ccc(/C=C\c2onc(C)c2NC(C)=O)cc1S(=O)(=O)Nc1ccc(F)c(F)c1. The monoisotopic (exact) mass is 463 g/mol. The fourth-order valence-electron chi connectivity index (χ4n) is 2.78. The lowest BCUT2D eigenvalue weighted by Crippen LogP contribution is -2.14. The predicted octanol–water partition coefficient (Wildman–Crippen LogP) is 4.20. The highest BCUT2D eigenvalue weighted by Gasteiger charge is 2.21. The summed E-state index contributed by atoms with van der Waals surface area (Å²) in [7, 11) is -2.90. The van der Waals surface area contributed by atoms with Crippen LogP contribution in [0, 0.1) is 18.6 Å². The highest BCUT2D eigenvalue weighted by Crippen LogP contribution is 2.29. The zero-order valence-corrected chi connectivity index (χ0v) is 18.1. The van der Waals surface area contributed by atoms with Crippen molar-refractivity contribution in [2.75, 3.05) is 17.1 Å². The number of sulfonamides is 1. The van der Waals surface area contributed by atoms with E-state index in [9.17, 15) is 22.0 Å². The lowest BCUT2D eigenvalue weighted by Gasteiger charge is -2.12. The Labute approximate surface area is 182 Å². The number of nitrogens with one attached hydrogen (secondary N) is 2. The molecular formula is C21H19F2N3O5S. The first-order chi connectivity index (χ1) is 15.1. The molecule has 0 saturated carbocycles. The zero-order valence-electron chi connectivity index (χ0n) is 17.3. The molecule has 0 bridgehead atoms. The van der Waals surface area contributed by atoms with E-state index < -0.39 is 21.7 Å². The van der Waals surface area contributed by atoms with Crippen molar-refractivity contribution in [1.29, 1.82) is 0 Å². The highest BCUT2D eigenvalue weighted by molar-refractivity contribution is 7.92. The number of hydrogen-bond acceptors (Lipinski definition) is 6. The third-order valence-electron chi connectivity index (χ3n) is 4.27. The Kier molecular flexibility index (Phi) is 6.58. The molecule has 0 radical (unpaired) electrons. The summed E-state index contributed by atoms with van der Waals surface area (Å²) in [6, 6.07) is 7.03. The number of nitrogens with zero attached hydrogens (tertiary/aromatic N) is 1. The standard InChI is InChI=1S/C21H19F2N3O5S/c1-12-21(24-13(2)27)19(31-25-12)9-5-14-4-8-18(30-3)20(10-14)32(28,29)26-15-6-7-16(22)17(23)11-15/h4-11,26H,1-3H3,(H,24,27)/b9-5-. The fourth-order valence-corrected chi connectivity index (χ4v) is 4.03. The molecule has 32 heavy (non-hydrogen) atoms. The second-order valence-electron chi connectivity index (χ2n) is 6.67. The van der Waals surface area contributed by atoms with Crippen molar-refractivity contribution in [2.24, 2.45) is 0 Å². The van der Waals surface area contributed by atoms with E-state index in [0.29, 0.717) is 16.9 Å². The number of aromatic nitrogens is 1. The van der Waals surface area contributed by atoms with Crippen LogP contribution >= 0.6 is 0 Å². The molecule has 0 fully saturated rings. The quantitative estimate of drug-likeness (QED) is 0.543. The average molecular weight is 463 g/mol. The molecule has 1 aromatic heterocycles. The summed E-state index contributed by atoms with van der Waals surface area (Å²) >= 11 is 0. The Balaban J connectivity index is 1.94. The van der Waals surface area contributed by atoms with Crippen LogP contribution in [0.4, 0.5) is 20.2 Å². The van der Waals surface area contributed by atoms with Crippen molar-refractivity contribution < 1.29 is 31.3 Å². The second-order valence-corrected chi connectivity index (χ2v) is 8.32. The highest BCUT2D eigenvalue weighted by atomic mass is 32.2. The van der Waals surface area contributed by atoms with Gasteiger partial charge in [0.1, 0.15) is 22.0 Å². The minimum Gasteiger partial charge on any atom is -0.495 e. The molecule has 2 aromatic carbocycles. The number of carbonyl (C=O) groups excluding carboxylic acids is 1.